The molecule has 3 heterocycles. The molecule has 24 heavy (non-hydrogen) atoms. The van der Waals surface area contributed by atoms with Crippen LogP contribution in [0, 0.1) is 6.92 Å². The molecule has 1 amide bonds. The third kappa shape index (κ3) is 3.84. The minimum absolute atomic E-state index is 0.104. The molecule has 2 aromatic rings. The highest BCUT2D eigenvalue weighted by atomic mass is 16.5. The van der Waals surface area contributed by atoms with Crippen molar-refractivity contribution in [3.63, 3.8) is 0 Å². The smallest absolute Gasteiger partial charge is 0.230 e. The first-order valence-electron chi connectivity index (χ1n) is 8.37. The summed E-state index contributed by atoms with van der Waals surface area (Å²) >= 11 is 0. The van der Waals surface area contributed by atoms with E-state index in [1.54, 1.807) is 7.11 Å². The lowest BCUT2D eigenvalue weighted by Gasteiger charge is -2.31. The molecule has 0 aromatic carbocycles. The minimum atomic E-state index is 0.104. The fourth-order valence-corrected chi connectivity index (χ4v) is 3.21. The van der Waals surface area contributed by atoms with Crippen LogP contribution in [-0.2, 0) is 22.5 Å². The second kappa shape index (κ2) is 7.61. The predicted molar refractivity (Wildman–Crippen MR) is 87.6 cm³/mol. The van der Waals surface area contributed by atoms with Gasteiger partial charge < -0.3 is 18.7 Å². The highest BCUT2D eigenvalue weighted by molar-refractivity contribution is 5.78. The van der Waals surface area contributed by atoms with Crippen LogP contribution in [0.3, 0.4) is 0 Å². The lowest BCUT2D eigenvalue weighted by atomic mass is 9.95. The number of carbonyl (C=O) groups is 1. The Morgan fingerprint density at radius 3 is 2.88 bits per heavy atom. The van der Waals surface area contributed by atoms with Crippen LogP contribution in [0.5, 0.6) is 0 Å². The Labute approximate surface area is 141 Å². The van der Waals surface area contributed by atoms with Gasteiger partial charge in [0.25, 0.3) is 0 Å². The Kier molecular flexibility index (Phi) is 5.30. The molecular weight excluding hydrogens is 308 g/mol. The van der Waals surface area contributed by atoms with Crippen molar-refractivity contribution in [2.75, 3.05) is 26.8 Å². The largest absolute Gasteiger partial charge is 0.383 e. The Balaban J connectivity index is 1.54. The van der Waals surface area contributed by atoms with Crippen LogP contribution in [0.15, 0.2) is 23.0 Å². The number of hydrogen-bond acceptors (Lipinski definition) is 5. The van der Waals surface area contributed by atoms with Gasteiger partial charge >= 0.3 is 0 Å². The molecule has 1 saturated heterocycles. The van der Waals surface area contributed by atoms with Crippen molar-refractivity contribution in [3.8, 4) is 0 Å². The number of methoxy groups -OCH3 is 1. The van der Waals surface area contributed by atoms with Crippen molar-refractivity contribution >= 4 is 5.91 Å². The summed E-state index contributed by atoms with van der Waals surface area (Å²) < 4.78 is 12.4. The summed E-state index contributed by atoms with van der Waals surface area (Å²) in [6.07, 6.45) is 6.00. The molecule has 1 aliphatic rings. The average Bonchev–Trinajstić information content (AvgIpc) is 3.22. The van der Waals surface area contributed by atoms with E-state index in [0.717, 1.165) is 44.0 Å². The maximum Gasteiger partial charge on any atom is 0.230 e. The van der Waals surface area contributed by atoms with Gasteiger partial charge in [0, 0.05) is 51.1 Å². The summed E-state index contributed by atoms with van der Waals surface area (Å²) in [5.41, 5.74) is 0.805. The van der Waals surface area contributed by atoms with Gasteiger partial charge in [-0.05, 0) is 19.8 Å². The molecule has 3 rings (SSSR count). The van der Waals surface area contributed by atoms with Crippen LogP contribution in [0.2, 0.25) is 0 Å². The zero-order chi connectivity index (χ0) is 16.9. The number of nitrogens with zero attached hydrogens (tertiary/aromatic N) is 4. The van der Waals surface area contributed by atoms with Crippen molar-refractivity contribution in [2.24, 2.45) is 0 Å². The summed E-state index contributed by atoms with van der Waals surface area (Å²) in [7, 11) is 1.71. The number of amides is 1. The van der Waals surface area contributed by atoms with Gasteiger partial charge in [0.1, 0.15) is 11.6 Å². The van der Waals surface area contributed by atoms with Gasteiger partial charge in [-0.15, -0.1) is 0 Å². The molecule has 0 radical (unpaired) electrons. The van der Waals surface area contributed by atoms with Gasteiger partial charge in [0.15, 0.2) is 0 Å². The summed E-state index contributed by atoms with van der Waals surface area (Å²) in [6, 6.07) is 1.82. The lowest BCUT2D eigenvalue weighted by Crippen LogP contribution is -2.39. The molecule has 1 fully saturated rings. The van der Waals surface area contributed by atoms with Crippen LogP contribution in [0.25, 0.3) is 0 Å². The van der Waals surface area contributed by atoms with E-state index in [-0.39, 0.29) is 12.3 Å². The van der Waals surface area contributed by atoms with E-state index in [4.69, 9.17) is 9.26 Å². The molecule has 130 valence electrons. The van der Waals surface area contributed by atoms with E-state index < -0.39 is 0 Å². The molecule has 0 spiro atoms. The topological polar surface area (TPSA) is 73.4 Å². The third-order valence-corrected chi connectivity index (χ3v) is 4.50. The summed E-state index contributed by atoms with van der Waals surface area (Å²) in [5, 5.41) is 3.83. The summed E-state index contributed by atoms with van der Waals surface area (Å²) in [6.45, 7) is 4.86. The number of ether oxygens (including phenoxy) is 1. The van der Waals surface area contributed by atoms with Crippen LogP contribution < -0.4 is 0 Å². The standard InChI is InChI=1S/C17H24N4O3/c1-13-11-15(24-19-13)12-16(22)20-6-3-14(4-7-20)17-18-5-8-21(17)9-10-23-2/h5,8,11,14H,3-4,6-7,9-10,12H2,1-2H3. The van der Waals surface area contributed by atoms with Crippen molar-refractivity contribution in [2.45, 2.75) is 38.6 Å². The number of hydrogen-bond donors (Lipinski definition) is 0. The first-order chi connectivity index (χ1) is 11.7. The Morgan fingerprint density at radius 2 is 2.21 bits per heavy atom. The number of likely N-dealkylation sites (tertiary alicyclic amines) is 1. The second-order valence-corrected chi connectivity index (χ2v) is 6.24. The van der Waals surface area contributed by atoms with Gasteiger partial charge in [-0.1, -0.05) is 5.16 Å². The lowest BCUT2D eigenvalue weighted by molar-refractivity contribution is -0.131. The summed E-state index contributed by atoms with van der Waals surface area (Å²) in [4.78, 5) is 18.8. The Bertz CT molecular complexity index is 671. The van der Waals surface area contributed by atoms with Crippen molar-refractivity contribution in [3.05, 3.63) is 35.7 Å². The number of imidazole rings is 1. The molecule has 0 saturated carbocycles. The van der Waals surface area contributed by atoms with Crippen molar-refractivity contribution in [1.29, 1.82) is 0 Å². The number of piperidine rings is 1. The number of rotatable bonds is 6. The maximum absolute atomic E-state index is 12.4. The van der Waals surface area contributed by atoms with Crippen LogP contribution >= 0.6 is 0 Å². The van der Waals surface area contributed by atoms with Crippen molar-refractivity contribution in [1.82, 2.24) is 19.6 Å². The molecule has 0 unspecified atom stereocenters. The molecule has 7 nitrogen and oxygen atoms in total. The van der Waals surface area contributed by atoms with Crippen molar-refractivity contribution < 1.29 is 14.1 Å². The highest BCUT2D eigenvalue weighted by Gasteiger charge is 2.26. The number of aryl methyl sites for hydroxylation is 1. The predicted octanol–water partition coefficient (Wildman–Crippen LogP) is 1.77. The quantitative estimate of drug-likeness (QED) is 0.806. The monoisotopic (exact) mass is 332 g/mol. The molecule has 0 aliphatic carbocycles. The molecule has 0 atom stereocenters. The second-order valence-electron chi connectivity index (χ2n) is 6.24. The highest BCUT2D eigenvalue weighted by Crippen LogP contribution is 2.27. The van der Waals surface area contributed by atoms with Gasteiger partial charge in [0.2, 0.25) is 5.91 Å². The van der Waals surface area contributed by atoms with E-state index in [9.17, 15) is 4.79 Å². The van der Waals surface area contributed by atoms with E-state index in [1.807, 2.05) is 30.3 Å². The van der Waals surface area contributed by atoms with E-state index in [0.29, 0.717) is 18.3 Å². The maximum atomic E-state index is 12.4. The zero-order valence-corrected chi connectivity index (χ0v) is 14.3. The van der Waals surface area contributed by atoms with Gasteiger partial charge in [-0.2, -0.15) is 0 Å². The van der Waals surface area contributed by atoms with Crippen LogP contribution in [0.4, 0.5) is 0 Å². The molecule has 1 aliphatic heterocycles. The normalized spacial score (nSPS) is 15.8. The third-order valence-electron chi connectivity index (χ3n) is 4.50. The first kappa shape index (κ1) is 16.7. The Hall–Kier alpha value is -2.15. The minimum Gasteiger partial charge on any atom is -0.383 e. The average molecular weight is 332 g/mol. The summed E-state index contributed by atoms with van der Waals surface area (Å²) in [5.74, 6) is 2.24. The Morgan fingerprint density at radius 1 is 1.42 bits per heavy atom. The van der Waals surface area contributed by atoms with Gasteiger partial charge in [-0.25, -0.2) is 4.98 Å². The number of carbonyl (C=O) groups excluding carboxylic acids is 1. The molecule has 0 N–H and O–H groups in total. The van der Waals surface area contributed by atoms with Gasteiger partial charge in [0.05, 0.1) is 18.7 Å². The molecule has 7 heteroatoms. The van der Waals surface area contributed by atoms with E-state index >= 15 is 0 Å². The molecule has 2 aromatic heterocycles. The molecule has 0 bridgehead atoms. The molecular formula is C17H24N4O3. The van der Waals surface area contributed by atoms with E-state index in [2.05, 4.69) is 14.7 Å². The van der Waals surface area contributed by atoms with Crippen LogP contribution in [0.1, 0.15) is 36.0 Å². The first-order valence-corrected chi connectivity index (χ1v) is 8.37. The SMILES string of the molecule is COCCn1ccnc1C1CCN(C(=O)Cc2cc(C)no2)CC1. The number of aromatic nitrogens is 3. The zero-order valence-electron chi connectivity index (χ0n) is 14.3. The van der Waals surface area contributed by atoms with Gasteiger partial charge in [-0.3, -0.25) is 4.79 Å². The fraction of sp³-hybridized carbons (Fsp3) is 0.588. The fourth-order valence-electron chi connectivity index (χ4n) is 3.21. The van der Waals surface area contributed by atoms with E-state index in [1.165, 1.54) is 0 Å². The van der Waals surface area contributed by atoms with Crippen LogP contribution in [-0.4, -0.2) is 52.3 Å².